The van der Waals surface area contributed by atoms with Crippen molar-refractivity contribution in [2.24, 2.45) is 0 Å². The highest BCUT2D eigenvalue weighted by Gasteiger charge is 2.25. The fourth-order valence-electron chi connectivity index (χ4n) is 4.53. The molecule has 29 heavy (non-hydrogen) atoms. The lowest BCUT2D eigenvalue weighted by molar-refractivity contribution is -0.116. The third-order valence-electron chi connectivity index (χ3n) is 6.21. The predicted molar refractivity (Wildman–Crippen MR) is 109 cm³/mol. The number of nitrogens with zero attached hydrogens (tertiary/aromatic N) is 2. The number of fused-ring (bicyclic) bond motifs is 2. The van der Waals surface area contributed by atoms with Crippen LogP contribution in [0.5, 0.6) is 0 Å². The van der Waals surface area contributed by atoms with Gasteiger partial charge in [0.25, 0.3) is 0 Å². The quantitative estimate of drug-likeness (QED) is 0.719. The van der Waals surface area contributed by atoms with Crippen molar-refractivity contribution >= 4 is 22.5 Å². The molecule has 2 aliphatic heterocycles. The number of hydrogen-bond donors (Lipinski definition) is 1. The number of carbonyl (C=O) groups is 1. The number of carbonyl (C=O) groups excluding carboxylic acids is 1. The molecule has 1 fully saturated rings. The number of likely N-dealkylation sites (tertiary alicyclic amines) is 1. The van der Waals surface area contributed by atoms with E-state index in [4.69, 9.17) is 4.52 Å². The predicted octanol–water partition coefficient (Wildman–Crippen LogP) is 4.27. The molecule has 0 spiro atoms. The van der Waals surface area contributed by atoms with E-state index in [0.29, 0.717) is 17.9 Å². The van der Waals surface area contributed by atoms with Crippen LogP contribution >= 0.6 is 0 Å². The Morgan fingerprint density at radius 2 is 2.00 bits per heavy atom. The SMILES string of the molecule is O=C1CCc2cc(CCN3CCC(c4onc5cc(F)ccc45)CC3)ccc2N1. The van der Waals surface area contributed by atoms with Gasteiger partial charge in [0.15, 0.2) is 0 Å². The van der Waals surface area contributed by atoms with Crippen LogP contribution < -0.4 is 5.32 Å². The Bertz CT molecular complexity index is 1050. The smallest absolute Gasteiger partial charge is 0.224 e. The van der Waals surface area contributed by atoms with Gasteiger partial charge in [-0.3, -0.25) is 4.79 Å². The largest absolute Gasteiger partial charge is 0.360 e. The van der Waals surface area contributed by atoms with Gasteiger partial charge in [-0.2, -0.15) is 0 Å². The maximum atomic E-state index is 13.4. The third-order valence-corrected chi connectivity index (χ3v) is 6.21. The lowest BCUT2D eigenvalue weighted by Gasteiger charge is -2.31. The first-order chi connectivity index (χ1) is 14.2. The number of aryl methyl sites for hydroxylation is 1. The third kappa shape index (κ3) is 3.77. The van der Waals surface area contributed by atoms with Gasteiger partial charge in [-0.1, -0.05) is 17.3 Å². The van der Waals surface area contributed by atoms with Gasteiger partial charge < -0.3 is 14.7 Å². The van der Waals surface area contributed by atoms with Crippen LogP contribution in [0.3, 0.4) is 0 Å². The van der Waals surface area contributed by atoms with Crippen LogP contribution in [0, 0.1) is 5.82 Å². The highest BCUT2D eigenvalue weighted by molar-refractivity contribution is 5.93. The standard InChI is InChI=1S/C23H24FN3O2/c24-18-3-4-19-21(14-18)26-29-23(19)16-8-11-27(12-9-16)10-7-15-1-5-20-17(13-15)2-6-22(28)25-20/h1,3-5,13-14,16H,2,6-12H2,(H,25,28). The van der Waals surface area contributed by atoms with Crippen LogP contribution in [0.15, 0.2) is 40.9 Å². The minimum absolute atomic E-state index is 0.109. The molecule has 1 amide bonds. The first-order valence-corrected chi connectivity index (χ1v) is 10.3. The fraction of sp³-hybridized carbons (Fsp3) is 0.391. The molecule has 1 aromatic heterocycles. The molecule has 1 saturated heterocycles. The van der Waals surface area contributed by atoms with Crippen LogP contribution in [0.1, 0.15) is 42.1 Å². The highest BCUT2D eigenvalue weighted by atomic mass is 19.1. The van der Waals surface area contributed by atoms with Crippen LogP contribution in [-0.2, 0) is 17.6 Å². The average molecular weight is 393 g/mol. The topological polar surface area (TPSA) is 58.4 Å². The van der Waals surface area contributed by atoms with Gasteiger partial charge in [-0.15, -0.1) is 0 Å². The zero-order valence-corrected chi connectivity index (χ0v) is 16.3. The van der Waals surface area contributed by atoms with Crippen LogP contribution in [-0.4, -0.2) is 35.6 Å². The number of anilines is 1. The van der Waals surface area contributed by atoms with Crippen molar-refractivity contribution in [1.82, 2.24) is 10.1 Å². The van der Waals surface area contributed by atoms with Crippen molar-refractivity contribution in [3.8, 4) is 0 Å². The molecule has 3 heterocycles. The Morgan fingerprint density at radius 1 is 1.14 bits per heavy atom. The lowest BCUT2D eigenvalue weighted by Crippen LogP contribution is -2.34. The van der Waals surface area contributed by atoms with Crippen molar-refractivity contribution in [3.05, 3.63) is 59.1 Å². The Labute approximate surface area is 168 Å². The molecule has 150 valence electrons. The van der Waals surface area contributed by atoms with E-state index in [9.17, 15) is 9.18 Å². The number of nitrogens with one attached hydrogen (secondary N) is 1. The summed E-state index contributed by atoms with van der Waals surface area (Å²) >= 11 is 0. The summed E-state index contributed by atoms with van der Waals surface area (Å²) in [5.41, 5.74) is 4.13. The second-order valence-electron chi connectivity index (χ2n) is 8.11. The summed E-state index contributed by atoms with van der Waals surface area (Å²) in [5, 5.41) is 7.91. The molecule has 0 unspecified atom stereocenters. The van der Waals surface area contributed by atoms with Crippen molar-refractivity contribution in [1.29, 1.82) is 0 Å². The van der Waals surface area contributed by atoms with E-state index in [1.54, 1.807) is 6.07 Å². The maximum Gasteiger partial charge on any atom is 0.224 e. The molecule has 3 aromatic rings. The first kappa shape index (κ1) is 18.3. The molecule has 6 heteroatoms. The number of piperidine rings is 1. The zero-order valence-electron chi connectivity index (χ0n) is 16.3. The number of halogens is 1. The summed E-state index contributed by atoms with van der Waals surface area (Å²) < 4.78 is 18.9. The van der Waals surface area contributed by atoms with Crippen LogP contribution in [0.25, 0.3) is 10.9 Å². The summed E-state index contributed by atoms with van der Waals surface area (Å²) in [6, 6.07) is 11.1. The van der Waals surface area contributed by atoms with Crippen molar-refractivity contribution in [2.75, 3.05) is 25.0 Å². The molecule has 5 rings (SSSR count). The Morgan fingerprint density at radius 3 is 2.86 bits per heavy atom. The van der Waals surface area contributed by atoms with Crippen molar-refractivity contribution in [2.45, 2.75) is 38.0 Å². The Kier molecular flexibility index (Phi) is 4.79. The molecule has 0 radical (unpaired) electrons. The minimum atomic E-state index is -0.281. The molecular weight excluding hydrogens is 369 g/mol. The van der Waals surface area contributed by atoms with Gasteiger partial charge in [0, 0.05) is 36.0 Å². The summed E-state index contributed by atoms with van der Waals surface area (Å²) in [4.78, 5) is 14.0. The van der Waals surface area contributed by atoms with E-state index < -0.39 is 0 Å². The average Bonchev–Trinajstić information content (AvgIpc) is 3.15. The lowest BCUT2D eigenvalue weighted by atomic mass is 9.92. The molecule has 2 aromatic carbocycles. The summed E-state index contributed by atoms with van der Waals surface area (Å²) in [5.74, 6) is 1.07. The van der Waals surface area contributed by atoms with E-state index >= 15 is 0 Å². The number of hydrogen-bond acceptors (Lipinski definition) is 4. The molecule has 5 nitrogen and oxygen atoms in total. The number of aromatic nitrogens is 1. The minimum Gasteiger partial charge on any atom is -0.360 e. The van der Waals surface area contributed by atoms with E-state index in [2.05, 4.69) is 27.5 Å². The summed E-state index contributed by atoms with van der Waals surface area (Å²) in [7, 11) is 0. The second-order valence-corrected chi connectivity index (χ2v) is 8.11. The summed E-state index contributed by atoms with van der Waals surface area (Å²) in [6.45, 7) is 3.07. The Hall–Kier alpha value is -2.73. The normalized spacial score (nSPS) is 18.0. The van der Waals surface area contributed by atoms with Crippen molar-refractivity contribution < 1.29 is 13.7 Å². The van der Waals surface area contributed by atoms with Gasteiger partial charge in [-0.25, -0.2) is 4.39 Å². The number of amides is 1. The molecular formula is C23H24FN3O2. The van der Waals surface area contributed by atoms with Gasteiger partial charge in [0.05, 0.1) is 0 Å². The van der Waals surface area contributed by atoms with Gasteiger partial charge >= 0.3 is 0 Å². The van der Waals surface area contributed by atoms with Crippen molar-refractivity contribution in [3.63, 3.8) is 0 Å². The van der Waals surface area contributed by atoms with Gasteiger partial charge in [0.1, 0.15) is 17.1 Å². The van der Waals surface area contributed by atoms with E-state index in [-0.39, 0.29) is 11.7 Å². The maximum absolute atomic E-state index is 13.4. The zero-order chi connectivity index (χ0) is 19.8. The molecule has 0 bridgehead atoms. The van der Waals surface area contributed by atoms with Crippen LogP contribution in [0.2, 0.25) is 0 Å². The molecule has 1 N–H and O–H groups in total. The number of rotatable bonds is 4. The second kappa shape index (κ2) is 7.59. The van der Waals surface area contributed by atoms with E-state index in [1.807, 2.05) is 6.07 Å². The van der Waals surface area contributed by atoms with Gasteiger partial charge in [-0.05, 0) is 68.1 Å². The molecule has 0 aliphatic carbocycles. The van der Waals surface area contributed by atoms with Gasteiger partial charge in [0.2, 0.25) is 5.91 Å². The Balaban J connectivity index is 1.18. The molecule has 0 atom stereocenters. The fourth-order valence-corrected chi connectivity index (χ4v) is 4.53. The van der Waals surface area contributed by atoms with Crippen LogP contribution in [0.4, 0.5) is 10.1 Å². The summed E-state index contributed by atoms with van der Waals surface area (Å²) in [6.07, 6.45) is 4.47. The highest BCUT2D eigenvalue weighted by Crippen LogP contribution is 2.33. The van der Waals surface area contributed by atoms with E-state index in [1.165, 1.54) is 23.3 Å². The number of benzene rings is 2. The first-order valence-electron chi connectivity index (χ1n) is 10.3. The van der Waals surface area contributed by atoms with E-state index in [0.717, 1.165) is 62.2 Å². The monoisotopic (exact) mass is 393 g/mol. The molecule has 2 aliphatic rings. The molecule has 0 saturated carbocycles.